The highest BCUT2D eigenvalue weighted by Gasteiger charge is 2.14. The Morgan fingerprint density at radius 2 is 2.00 bits per heavy atom. The average molecular weight is 294 g/mol. The van der Waals surface area contributed by atoms with Crippen LogP contribution in [0.4, 0.5) is 14.9 Å². The first-order chi connectivity index (χ1) is 10.2. The van der Waals surface area contributed by atoms with Gasteiger partial charge in [0.2, 0.25) is 0 Å². The number of hydrogen-bond donors (Lipinski definition) is 2. The average Bonchev–Trinajstić information content (AvgIpc) is 2.52. The molecule has 1 aliphatic heterocycles. The van der Waals surface area contributed by atoms with Gasteiger partial charge < -0.3 is 20.4 Å². The van der Waals surface area contributed by atoms with Gasteiger partial charge in [-0.15, -0.1) is 0 Å². The minimum atomic E-state index is -0.226. The van der Waals surface area contributed by atoms with Gasteiger partial charge in [-0.05, 0) is 30.7 Å². The van der Waals surface area contributed by atoms with Crippen LogP contribution in [0.25, 0.3) is 0 Å². The van der Waals surface area contributed by atoms with Crippen molar-refractivity contribution in [1.82, 2.24) is 15.5 Å². The lowest BCUT2D eigenvalue weighted by atomic mass is 10.2. The summed E-state index contributed by atoms with van der Waals surface area (Å²) in [6.07, 6.45) is 0.853. The van der Waals surface area contributed by atoms with E-state index in [1.54, 1.807) is 12.1 Å². The third kappa shape index (κ3) is 4.90. The van der Waals surface area contributed by atoms with Gasteiger partial charge in [0.25, 0.3) is 0 Å². The molecule has 0 unspecified atom stereocenters. The molecule has 21 heavy (non-hydrogen) atoms. The number of halogens is 1. The Bertz CT molecular complexity index is 445. The molecule has 0 aliphatic carbocycles. The lowest BCUT2D eigenvalue weighted by molar-refractivity contribution is 0.190. The molecule has 1 aromatic rings. The van der Waals surface area contributed by atoms with Crippen LogP contribution in [-0.2, 0) is 0 Å². The van der Waals surface area contributed by atoms with Crippen LogP contribution in [0.2, 0.25) is 0 Å². The number of nitrogens with one attached hydrogen (secondary N) is 2. The molecule has 2 amide bonds. The fourth-order valence-electron chi connectivity index (χ4n) is 2.32. The standard InChI is InChI=1S/C15H23FN4O/c1-19(14-5-3-13(16)4-6-14)10-2-7-18-15(21)20-11-8-17-9-12-20/h3-6,17H,2,7-12H2,1H3,(H,18,21). The molecule has 2 rings (SSSR count). The van der Waals surface area contributed by atoms with Crippen molar-refractivity contribution in [3.63, 3.8) is 0 Å². The van der Waals surface area contributed by atoms with Gasteiger partial charge in [-0.1, -0.05) is 0 Å². The van der Waals surface area contributed by atoms with Crippen LogP contribution in [0.15, 0.2) is 24.3 Å². The Balaban J connectivity index is 1.64. The molecule has 0 bridgehead atoms. The quantitative estimate of drug-likeness (QED) is 0.804. The summed E-state index contributed by atoms with van der Waals surface area (Å²) in [5.41, 5.74) is 0.977. The monoisotopic (exact) mass is 294 g/mol. The van der Waals surface area contributed by atoms with Crippen LogP contribution in [0, 0.1) is 5.82 Å². The third-order valence-corrected chi connectivity index (χ3v) is 3.62. The van der Waals surface area contributed by atoms with E-state index in [1.807, 2.05) is 11.9 Å². The van der Waals surface area contributed by atoms with Crippen LogP contribution in [0.1, 0.15) is 6.42 Å². The second-order valence-corrected chi connectivity index (χ2v) is 5.22. The number of anilines is 1. The molecule has 2 N–H and O–H groups in total. The van der Waals surface area contributed by atoms with Crippen LogP contribution >= 0.6 is 0 Å². The van der Waals surface area contributed by atoms with Gasteiger partial charge in [-0.2, -0.15) is 0 Å². The predicted octanol–water partition coefficient (Wildman–Crippen LogP) is 1.27. The summed E-state index contributed by atoms with van der Waals surface area (Å²) < 4.78 is 12.8. The second-order valence-electron chi connectivity index (χ2n) is 5.22. The lowest BCUT2D eigenvalue weighted by Gasteiger charge is -2.27. The Labute approximate surface area is 125 Å². The zero-order chi connectivity index (χ0) is 15.1. The zero-order valence-corrected chi connectivity index (χ0v) is 12.4. The molecule has 1 saturated heterocycles. The van der Waals surface area contributed by atoms with E-state index in [0.29, 0.717) is 6.54 Å². The molecule has 0 saturated carbocycles. The summed E-state index contributed by atoms with van der Waals surface area (Å²) in [4.78, 5) is 15.8. The first-order valence-corrected chi connectivity index (χ1v) is 7.37. The summed E-state index contributed by atoms with van der Waals surface area (Å²) in [7, 11) is 1.96. The summed E-state index contributed by atoms with van der Waals surface area (Å²) >= 11 is 0. The maximum absolute atomic E-state index is 12.8. The van der Waals surface area contributed by atoms with Gasteiger partial charge in [0.05, 0.1) is 0 Å². The highest BCUT2D eigenvalue weighted by atomic mass is 19.1. The molecule has 5 nitrogen and oxygen atoms in total. The Morgan fingerprint density at radius 1 is 1.33 bits per heavy atom. The van der Waals surface area contributed by atoms with E-state index >= 15 is 0 Å². The van der Waals surface area contributed by atoms with Crippen LogP contribution in [0.3, 0.4) is 0 Å². The molecule has 0 aromatic heterocycles. The molecule has 0 radical (unpaired) electrons. The second kappa shape index (κ2) is 7.83. The number of carbonyl (C=O) groups excluding carboxylic acids is 1. The van der Waals surface area contributed by atoms with Gasteiger partial charge in [0.15, 0.2) is 0 Å². The summed E-state index contributed by atoms with van der Waals surface area (Å²) in [5, 5.41) is 6.16. The Morgan fingerprint density at radius 3 is 2.67 bits per heavy atom. The van der Waals surface area contributed by atoms with E-state index in [-0.39, 0.29) is 11.8 Å². The SMILES string of the molecule is CN(CCCNC(=O)N1CCNCC1)c1ccc(F)cc1. The zero-order valence-electron chi connectivity index (χ0n) is 12.4. The van der Waals surface area contributed by atoms with Crippen molar-refractivity contribution >= 4 is 11.7 Å². The maximum atomic E-state index is 12.8. The van der Waals surface area contributed by atoms with Crippen molar-refractivity contribution < 1.29 is 9.18 Å². The fourth-order valence-corrected chi connectivity index (χ4v) is 2.32. The topological polar surface area (TPSA) is 47.6 Å². The molecule has 0 atom stereocenters. The number of urea groups is 1. The number of nitrogens with zero attached hydrogens (tertiary/aromatic N) is 2. The fraction of sp³-hybridized carbons (Fsp3) is 0.533. The van der Waals surface area contributed by atoms with Gasteiger partial charge >= 0.3 is 6.03 Å². The van der Waals surface area contributed by atoms with Crippen molar-refractivity contribution in [3.8, 4) is 0 Å². The van der Waals surface area contributed by atoms with E-state index < -0.39 is 0 Å². The van der Waals surface area contributed by atoms with E-state index in [2.05, 4.69) is 15.5 Å². The summed E-state index contributed by atoms with van der Waals surface area (Å²) in [5.74, 6) is -0.226. The largest absolute Gasteiger partial charge is 0.375 e. The van der Waals surface area contributed by atoms with E-state index in [0.717, 1.165) is 44.8 Å². The van der Waals surface area contributed by atoms with Crippen LogP contribution < -0.4 is 15.5 Å². The number of hydrogen-bond acceptors (Lipinski definition) is 3. The number of benzene rings is 1. The summed E-state index contributed by atoms with van der Waals surface area (Å²) in [6.45, 7) is 4.71. The van der Waals surface area contributed by atoms with E-state index in [1.165, 1.54) is 12.1 Å². The van der Waals surface area contributed by atoms with Gasteiger partial charge in [0, 0.05) is 52.0 Å². The molecular formula is C15H23FN4O. The number of rotatable bonds is 5. The van der Waals surface area contributed by atoms with Crippen molar-refractivity contribution in [2.24, 2.45) is 0 Å². The number of piperazine rings is 1. The molecule has 6 heteroatoms. The molecule has 0 spiro atoms. The molecule has 1 aliphatic rings. The molecular weight excluding hydrogens is 271 g/mol. The van der Waals surface area contributed by atoms with Crippen molar-refractivity contribution in [2.45, 2.75) is 6.42 Å². The van der Waals surface area contributed by atoms with Gasteiger partial charge in [-0.25, -0.2) is 9.18 Å². The molecule has 116 valence electrons. The first-order valence-electron chi connectivity index (χ1n) is 7.37. The third-order valence-electron chi connectivity index (χ3n) is 3.62. The highest BCUT2D eigenvalue weighted by Crippen LogP contribution is 2.12. The predicted molar refractivity (Wildman–Crippen MR) is 82.1 cm³/mol. The van der Waals surface area contributed by atoms with Gasteiger partial charge in [-0.3, -0.25) is 0 Å². The first kappa shape index (κ1) is 15.6. The Hall–Kier alpha value is -1.82. The smallest absolute Gasteiger partial charge is 0.317 e. The molecule has 1 fully saturated rings. The molecule has 1 heterocycles. The number of carbonyl (C=O) groups is 1. The highest BCUT2D eigenvalue weighted by molar-refractivity contribution is 5.74. The van der Waals surface area contributed by atoms with Crippen molar-refractivity contribution in [3.05, 3.63) is 30.1 Å². The maximum Gasteiger partial charge on any atom is 0.317 e. The van der Waals surface area contributed by atoms with E-state index in [4.69, 9.17) is 0 Å². The van der Waals surface area contributed by atoms with Crippen LogP contribution in [0.5, 0.6) is 0 Å². The van der Waals surface area contributed by atoms with Crippen LogP contribution in [-0.4, -0.2) is 57.2 Å². The van der Waals surface area contributed by atoms with Crippen molar-refractivity contribution in [2.75, 3.05) is 51.2 Å². The number of amides is 2. The van der Waals surface area contributed by atoms with Gasteiger partial charge in [0.1, 0.15) is 5.82 Å². The Kier molecular flexibility index (Phi) is 5.80. The minimum absolute atomic E-state index is 0.0148. The lowest BCUT2D eigenvalue weighted by Crippen LogP contribution is -2.50. The van der Waals surface area contributed by atoms with E-state index in [9.17, 15) is 9.18 Å². The van der Waals surface area contributed by atoms with Crippen molar-refractivity contribution in [1.29, 1.82) is 0 Å². The molecule has 1 aromatic carbocycles. The normalized spacial score (nSPS) is 14.9. The minimum Gasteiger partial charge on any atom is -0.375 e. The summed E-state index contributed by atoms with van der Waals surface area (Å²) in [6, 6.07) is 6.44.